The summed E-state index contributed by atoms with van der Waals surface area (Å²) >= 11 is 0.830. The Kier molecular flexibility index (Phi) is 8.55. The standard InChI is InChI=1S/C27H27N5O6S2/c1-27(2,3)17-10-12-18(13-11-17)40(35,36)32-23-22(38-20-9-6-5-8-19(20)37-4)26(39-16-21(33)34)31-25(30-23)24-28-14-7-15-29-24/h5-15H,16H2,1-4H3,(H,33,34)(H,30,31,32). The van der Waals surface area contributed by atoms with Gasteiger partial charge in [-0.1, -0.05) is 56.8 Å². The molecule has 0 atom stereocenters. The monoisotopic (exact) mass is 581 g/mol. The van der Waals surface area contributed by atoms with Gasteiger partial charge in [-0.3, -0.25) is 9.52 Å². The van der Waals surface area contributed by atoms with E-state index in [4.69, 9.17) is 9.47 Å². The van der Waals surface area contributed by atoms with Crippen molar-refractivity contribution in [3.05, 3.63) is 72.6 Å². The molecular formula is C27H27N5O6S2. The molecule has 0 radical (unpaired) electrons. The number of rotatable bonds is 10. The summed E-state index contributed by atoms with van der Waals surface area (Å²) in [6.07, 6.45) is 2.96. The molecular weight excluding hydrogens is 554 g/mol. The number of aromatic nitrogens is 4. The van der Waals surface area contributed by atoms with Gasteiger partial charge in [-0.15, -0.1) is 0 Å². The summed E-state index contributed by atoms with van der Waals surface area (Å²) in [7, 11) is -2.71. The van der Waals surface area contributed by atoms with Crippen LogP contribution in [0.1, 0.15) is 26.3 Å². The molecule has 2 aromatic carbocycles. The Morgan fingerprint density at radius 1 is 0.950 bits per heavy atom. The van der Waals surface area contributed by atoms with Crippen LogP contribution in [0.25, 0.3) is 11.6 Å². The molecule has 4 aromatic rings. The van der Waals surface area contributed by atoms with Gasteiger partial charge < -0.3 is 14.6 Å². The van der Waals surface area contributed by atoms with Gasteiger partial charge in [-0.05, 0) is 41.3 Å². The second kappa shape index (κ2) is 11.9. The molecule has 4 rings (SSSR count). The van der Waals surface area contributed by atoms with Crippen LogP contribution in [0.2, 0.25) is 0 Å². The lowest BCUT2D eigenvalue weighted by molar-refractivity contribution is -0.133. The van der Waals surface area contributed by atoms with E-state index < -0.39 is 16.0 Å². The Balaban J connectivity index is 1.87. The quantitative estimate of drug-likeness (QED) is 0.192. The highest BCUT2D eigenvalue weighted by molar-refractivity contribution is 8.00. The normalized spacial score (nSPS) is 11.6. The van der Waals surface area contributed by atoms with E-state index in [1.54, 1.807) is 42.5 Å². The van der Waals surface area contributed by atoms with E-state index in [9.17, 15) is 18.3 Å². The fraction of sp³-hybridized carbons (Fsp3) is 0.222. The molecule has 0 aliphatic carbocycles. The molecule has 0 bridgehead atoms. The van der Waals surface area contributed by atoms with E-state index in [-0.39, 0.29) is 50.1 Å². The summed E-state index contributed by atoms with van der Waals surface area (Å²) in [5, 5.41) is 9.41. The van der Waals surface area contributed by atoms with Gasteiger partial charge in [-0.2, -0.15) is 0 Å². The van der Waals surface area contributed by atoms with E-state index in [1.165, 1.54) is 31.6 Å². The molecule has 40 heavy (non-hydrogen) atoms. The number of nitrogens with zero attached hydrogens (tertiary/aromatic N) is 4. The number of aliphatic carboxylic acids is 1. The molecule has 13 heteroatoms. The van der Waals surface area contributed by atoms with Crippen molar-refractivity contribution in [3.8, 4) is 28.9 Å². The Morgan fingerprint density at radius 3 is 2.20 bits per heavy atom. The lowest BCUT2D eigenvalue weighted by Crippen LogP contribution is -2.17. The van der Waals surface area contributed by atoms with Crippen molar-refractivity contribution in [2.24, 2.45) is 0 Å². The van der Waals surface area contributed by atoms with Crippen molar-refractivity contribution in [3.63, 3.8) is 0 Å². The molecule has 0 amide bonds. The molecule has 0 fully saturated rings. The third-order valence-electron chi connectivity index (χ3n) is 5.48. The largest absolute Gasteiger partial charge is 0.493 e. The van der Waals surface area contributed by atoms with Crippen LogP contribution in [0.15, 0.2) is 76.9 Å². The average Bonchev–Trinajstić information content (AvgIpc) is 2.93. The van der Waals surface area contributed by atoms with Crippen molar-refractivity contribution in [2.45, 2.75) is 36.1 Å². The number of para-hydroxylation sites is 2. The average molecular weight is 582 g/mol. The topological polar surface area (TPSA) is 153 Å². The number of ether oxygens (including phenoxy) is 2. The number of carboxylic acids is 1. The van der Waals surface area contributed by atoms with Crippen molar-refractivity contribution in [1.82, 2.24) is 19.9 Å². The maximum absolute atomic E-state index is 13.5. The maximum Gasteiger partial charge on any atom is 0.313 e. The van der Waals surface area contributed by atoms with Gasteiger partial charge in [0.2, 0.25) is 11.6 Å². The molecule has 2 N–H and O–H groups in total. The van der Waals surface area contributed by atoms with E-state index in [0.29, 0.717) is 5.75 Å². The molecule has 0 saturated heterocycles. The smallest absolute Gasteiger partial charge is 0.313 e. The molecule has 0 aliphatic rings. The third-order valence-corrected chi connectivity index (χ3v) is 7.77. The zero-order valence-corrected chi connectivity index (χ0v) is 23.8. The summed E-state index contributed by atoms with van der Waals surface area (Å²) in [5.74, 6) is -1.13. The van der Waals surface area contributed by atoms with Crippen LogP contribution in [0.4, 0.5) is 5.82 Å². The fourth-order valence-electron chi connectivity index (χ4n) is 3.47. The summed E-state index contributed by atoms with van der Waals surface area (Å²) < 4.78 is 41.0. The Labute approximate surface area is 236 Å². The number of nitrogens with one attached hydrogen (secondary N) is 1. The van der Waals surface area contributed by atoms with Gasteiger partial charge in [0.05, 0.1) is 17.8 Å². The number of anilines is 1. The first-order valence-electron chi connectivity index (χ1n) is 12.0. The second-order valence-corrected chi connectivity index (χ2v) is 12.1. The highest BCUT2D eigenvalue weighted by Crippen LogP contribution is 2.41. The van der Waals surface area contributed by atoms with Gasteiger partial charge in [0.1, 0.15) is 5.03 Å². The summed E-state index contributed by atoms with van der Waals surface area (Å²) in [4.78, 5) is 28.6. The summed E-state index contributed by atoms with van der Waals surface area (Å²) in [6, 6.07) is 14.8. The molecule has 0 aliphatic heterocycles. The first kappa shape index (κ1) is 28.8. The SMILES string of the molecule is COc1ccccc1Oc1c(NS(=O)(=O)c2ccc(C(C)(C)C)cc2)nc(-c2ncccn2)nc1SCC(=O)O. The van der Waals surface area contributed by atoms with Crippen LogP contribution in [0.3, 0.4) is 0 Å². The van der Waals surface area contributed by atoms with Crippen LogP contribution in [0, 0.1) is 0 Å². The number of sulfonamides is 1. The van der Waals surface area contributed by atoms with E-state index in [2.05, 4.69) is 24.7 Å². The van der Waals surface area contributed by atoms with E-state index in [1.807, 2.05) is 20.8 Å². The predicted molar refractivity (Wildman–Crippen MR) is 150 cm³/mol. The lowest BCUT2D eigenvalue weighted by Gasteiger charge is -2.20. The minimum atomic E-state index is -4.17. The van der Waals surface area contributed by atoms with Crippen LogP contribution in [-0.4, -0.2) is 52.3 Å². The molecule has 11 nitrogen and oxygen atoms in total. The number of benzene rings is 2. The van der Waals surface area contributed by atoms with Crippen LogP contribution in [0.5, 0.6) is 17.2 Å². The highest BCUT2D eigenvalue weighted by Gasteiger charge is 2.26. The van der Waals surface area contributed by atoms with Crippen LogP contribution >= 0.6 is 11.8 Å². The number of carboxylic acid groups (broad SMARTS) is 1. The van der Waals surface area contributed by atoms with Crippen molar-refractivity contribution < 1.29 is 27.8 Å². The number of methoxy groups -OCH3 is 1. The summed E-state index contributed by atoms with van der Waals surface area (Å²) in [6.45, 7) is 6.09. The van der Waals surface area contributed by atoms with Gasteiger partial charge in [0, 0.05) is 12.4 Å². The highest BCUT2D eigenvalue weighted by atomic mass is 32.2. The number of carbonyl (C=O) groups is 1. The number of thioether (sulfide) groups is 1. The zero-order valence-electron chi connectivity index (χ0n) is 22.2. The molecule has 2 heterocycles. The number of hydrogen-bond acceptors (Lipinski definition) is 10. The van der Waals surface area contributed by atoms with Gasteiger partial charge >= 0.3 is 5.97 Å². The van der Waals surface area contributed by atoms with Crippen molar-refractivity contribution >= 4 is 33.6 Å². The van der Waals surface area contributed by atoms with Gasteiger partial charge in [0.25, 0.3) is 10.0 Å². The minimum Gasteiger partial charge on any atom is -0.493 e. The first-order chi connectivity index (χ1) is 19.0. The van der Waals surface area contributed by atoms with Gasteiger partial charge in [-0.25, -0.2) is 28.4 Å². The maximum atomic E-state index is 13.5. The number of hydrogen-bond donors (Lipinski definition) is 2. The van der Waals surface area contributed by atoms with E-state index >= 15 is 0 Å². The zero-order chi connectivity index (χ0) is 28.9. The molecule has 208 valence electrons. The minimum absolute atomic E-state index is 0.000367. The molecule has 0 saturated carbocycles. The molecule has 2 aromatic heterocycles. The summed E-state index contributed by atoms with van der Waals surface area (Å²) in [5.41, 5.74) is 0.795. The van der Waals surface area contributed by atoms with Crippen molar-refractivity contribution in [1.29, 1.82) is 0 Å². The Bertz CT molecular complexity index is 1610. The molecule has 0 unspecified atom stereocenters. The predicted octanol–water partition coefficient (Wildman–Crippen LogP) is 5.01. The molecule has 0 spiro atoms. The van der Waals surface area contributed by atoms with Crippen molar-refractivity contribution in [2.75, 3.05) is 17.6 Å². The second-order valence-electron chi connectivity index (χ2n) is 9.42. The van der Waals surface area contributed by atoms with Crippen LogP contribution < -0.4 is 14.2 Å². The third kappa shape index (κ3) is 6.85. The lowest BCUT2D eigenvalue weighted by atomic mass is 9.87. The Hall–Kier alpha value is -4.23. The van der Waals surface area contributed by atoms with Crippen LogP contribution in [-0.2, 0) is 20.2 Å². The first-order valence-corrected chi connectivity index (χ1v) is 14.4. The Morgan fingerprint density at radius 2 is 1.60 bits per heavy atom. The fourth-order valence-corrected chi connectivity index (χ4v) is 5.15. The van der Waals surface area contributed by atoms with Gasteiger partial charge in [0.15, 0.2) is 23.1 Å². The van der Waals surface area contributed by atoms with E-state index in [0.717, 1.165) is 17.3 Å².